The highest BCUT2D eigenvalue weighted by Gasteiger charge is 2.58. The smallest absolute Gasteiger partial charge is 0.411 e. The number of rotatable bonds is 4. The van der Waals surface area contributed by atoms with Crippen molar-refractivity contribution in [1.29, 1.82) is 0 Å². The second-order valence-electron chi connectivity index (χ2n) is 8.78. The molecule has 170 valence electrons. The van der Waals surface area contributed by atoms with Gasteiger partial charge in [-0.15, -0.1) is 12.4 Å². The summed E-state index contributed by atoms with van der Waals surface area (Å²) in [5.74, 6) is 0.641. The van der Waals surface area contributed by atoms with Gasteiger partial charge in [-0.1, -0.05) is 60.7 Å². The molecular formula is C25H30ClN3O3. The minimum Gasteiger partial charge on any atom is -0.431 e. The maximum absolute atomic E-state index is 13.2. The van der Waals surface area contributed by atoms with Crippen molar-refractivity contribution in [2.24, 2.45) is 5.92 Å². The predicted molar refractivity (Wildman–Crippen MR) is 125 cm³/mol. The Morgan fingerprint density at radius 1 is 0.969 bits per heavy atom. The van der Waals surface area contributed by atoms with Crippen LogP contribution in [0.15, 0.2) is 60.7 Å². The van der Waals surface area contributed by atoms with Gasteiger partial charge in [-0.25, -0.2) is 4.79 Å². The molecule has 0 spiro atoms. The van der Waals surface area contributed by atoms with Crippen molar-refractivity contribution in [2.45, 2.75) is 30.9 Å². The lowest BCUT2D eigenvalue weighted by atomic mass is 9.79. The number of halogens is 1. The number of nitrogens with zero attached hydrogens (tertiary/aromatic N) is 2. The Bertz CT molecular complexity index is 894. The highest BCUT2D eigenvalue weighted by Crippen LogP contribution is 2.45. The lowest BCUT2D eigenvalue weighted by Crippen LogP contribution is -2.58. The zero-order valence-corrected chi connectivity index (χ0v) is 18.9. The Hall–Kier alpha value is -2.57. The van der Waals surface area contributed by atoms with Gasteiger partial charge in [0.1, 0.15) is 6.04 Å². The Morgan fingerprint density at radius 3 is 2.16 bits per heavy atom. The molecule has 3 aliphatic rings. The van der Waals surface area contributed by atoms with Gasteiger partial charge < -0.3 is 15.0 Å². The van der Waals surface area contributed by atoms with E-state index in [9.17, 15) is 9.59 Å². The molecule has 3 heterocycles. The van der Waals surface area contributed by atoms with Crippen molar-refractivity contribution in [3.05, 3.63) is 71.8 Å². The first kappa shape index (κ1) is 22.6. The standard InChI is InChI=1S/C25H29N3O3.ClH/c29-23(17-19-11-13-26-14-12-19)27-15-16-28-22(18-27)25(31-24(28)30,20-7-3-1-4-8-20)21-9-5-2-6-10-21;/h1-10,19,22,26H,11-18H2;1H. The summed E-state index contributed by atoms with van der Waals surface area (Å²) in [6.07, 6.45) is 2.39. The third kappa shape index (κ3) is 3.97. The van der Waals surface area contributed by atoms with E-state index in [0.717, 1.165) is 37.1 Å². The monoisotopic (exact) mass is 455 g/mol. The van der Waals surface area contributed by atoms with E-state index < -0.39 is 5.60 Å². The summed E-state index contributed by atoms with van der Waals surface area (Å²) in [6, 6.07) is 19.6. The Kier molecular flexibility index (Phi) is 6.72. The lowest BCUT2D eigenvalue weighted by molar-refractivity contribution is -0.135. The van der Waals surface area contributed by atoms with Gasteiger partial charge in [-0.3, -0.25) is 9.69 Å². The van der Waals surface area contributed by atoms with Crippen LogP contribution in [0.4, 0.5) is 4.79 Å². The molecule has 1 atom stereocenters. The minimum absolute atomic E-state index is 0. The van der Waals surface area contributed by atoms with Crippen molar-refractivity contribution in [3.8, 4) is 0 Å². The normalized spacial score (nSPS) is 22.6. The number of cyclic esters (lactones) is 1. The molecule has 7 heteroatoms. The minimum atomic E-state index is -0.923. The summed E-state index contributed by atoms with van der Waals surface area (Å²) in [5.41, 5.74) is 0.956. The van der Waals surface area contributed by atoms with Crippen molar-refractivity contribution in [2.75, 3.05) is 32.7 Å². The molecule has 0 saturated carbocycles. The number of amides is 2. The number of hydrogen-bond acceptors (Lipinski definition) is 4. The van der Waals surface area contributed by atoms with Crippen molar-refractivity contribution < 1.29 is 14.3 Å². The van der Waals surface area contributed by atoms with Gasteiger partial charge in [0.15, 0.2) is 5.60 Å². The largest absolute Gasteiger partial charge is 0.431 e. The molecule has 3 aliphatic heterocycles. The maximum atomic E-state index is 13.2. The van der Waals surface area contributed by atoms with E-state index in [2.05, 4.69) is 5.32 Å². The third-order valence-electron chi connectivity index (χ3n) is 7.01. The Morgan fingerprint density at radius 2 is 1.56 bits per heavy atom. The second kappa shape index (κ2) is 9.51. The highest BCUT2D eigenvalue weighted by molar-refractivity contribution is 5.85. The number of hydrogen-bond donors (Lipinski definition) is 1. The predicted octanol–water partition coefficient (Wildman–Crippen LogP) is 3.40. The quantitative estimate of drug-likeness (QED) is 0.767. The van der Waals surface area contributed by atoms with Crippen LogP contribution in [0.1, 0.15) is 30.4 Å². The van der Waals surface area contributed by atoms with Gasteiger partial charge in [0.05, 0.1) is 0 Å². The fraction of sp³-hybridized carbons (Fsp3) is 0.440. The van der Waals surface area contributed by atoms with E-state index in [1.807, 2.05) is 70.5 Å². The van der Waals surface area contributed by atoms with Gasteiger partial charge in [0.2, 0.25) is 5.91 Å². The van der Waals surface area contributed by atoms with Crippen LogP contribution >= 0.6 is 12.4 Å². The summed E-state index contributed by atoms with van der Waals surface area (Å²) in [7, 11) is 0. The highest BCUT2D eigenvalue weighted by atomic mass is 35.5. The van der Waals surface area contributed by atoms with Crippen LogP contribution in [0.5, 0.6) is 0 Å². The van der Waals surface area contributed by atoms with E-state index in [1.165, 1.54) is 0 Å². The average Bonchev–Trinajstić information content (AvgIpc) is 3.13. The number of carbonyl (C=O) groups excluding carboxylic acids is 2. The summed E-state index contributed by atoms with van der Waals surface area (Å²) < 4.78 is 6.19. The topological polar surface area (TPSA) is 61.9 Å². The number of benzene rings is 2. The van der Waals surface area contributed by atoms with Crippen molar-refractivity contribution in [1.82, 2.24) is 15.1 Å². The number of fused-ring (bicyclic) bond motifs is 1. The number of piperazine rings is 1. The molecule has 1 N–H and O–H groups in total. The molecule has 2 amide bonds. The Labute approximate surface area is 195 Å². The summed E-state index contributed by atoms with van der Waals surface area (Å²) >= 11 is 0. The summed E-state index contributed by atoms with van der Waals surface area (Å²) in [5, 5.41) is 3.36. The molecule has 1 unspecified atom stereocenters. The fourth-order valence-corrected chi connectivity index (χ4v) is 5.34. The van der Waals surface area contributed by atoms with Gasteiger partial charge in [-0.2, -0.15) is 0 Å². The summed E-state index contributed by atoms with van der Waals surface area (Å²) in [4.78, 5) is 29.9. The van der Waals surface area contributed by atoms with Gasteiger partial charge >= 0.3 is 6.09 Å². The molecule has 3 fully saturated rings. The van der Waals surface area contributed by atoms with Gasteiger partial charge in [0, 0.05) is 37.2 Å². The van der Waals surface area contributed by atoms with Crippen molar-refractivity contribution in [3.63, 3.8) is 0 Å². The van der Waals surface area contributed by atoms with Crippen LogP contribution in [-0.2, 0) is 15.1 Å². The summed E-state index contributed by atoms with van der Waals surface area (Å²) in [6.45, 7) is 3.53. The molecule has 0 aromatic heterocycles. The van der Waals surface area contributed by atoms with E-state index in [-0.39, 0.29) is 30.4 Å². The first-order chi connectivity index (χ1) is 15.2. The zero-order valence-electron chi connectivity index (χ0n) is 18.1. The molecule has 3 saturated heterocycles. The van der Waals surface area contributed by atoms with E-state index >= 15 is 0 Å². The molecule has 0 radical (unpaired) electrons. The zero-order chi connectivity index (χ0) is 21.3. The van der Waals surface area contributed by atoms with Crippen LogP contribution in [-0.4, -0.2) is 60.6 Å². The van der Waals surface area contributed by atoms with Gasteiger partial charge in [0.25, 0.3) is 0 Å². The van der Waals surface area contributed by atoms with Crippen LogP contribution in [0.25, 0.3) is 0 Å². The Balaban J connectivity index is 0.00000245. The first-order valence-electron chi connectivity index (χ1n) is 11.3. The van der Waals surface area contributed by atoms with Gasteiger partial charge in [-0.05, 0) is 31.8 Å². The van der Waals surface area contributed by atoms with Crippen LogP contribution in [0, 0.1) is 5.92 Å². The molecule has 2 aromatic carbocycles. The molecule has 6 nitrogen and oxygen atoms in total. The third-order valence-corrected chi connectivity index (χ3v) is 7.01. The second-order valence-corrected chi connectivity index (χ2v) is 8.78. The first-order valence-corrected chi connectivity index (χ1v) is 11.3. The van der Waals surface area contributed by atoms with E-state index in [4.69, 9.17) is 4.74 Å². The number of ether oxygens (including phenoxy) is 1. The molecule has 5 rings (SSSR count). The molecular weight excluding hydrogens is 426 g/mol. The number of nitrogens with one attached hydrogen (secondary N) is 1. The molecule has 32 heavy (non-hydrogen) atoms. The van der Waals surface area contributed by atoms with Crippen LogP contribution < -0.4 is 5.32 Å². The number of carbonyl (C=O) groups is 2. The molecule has 2 aromatic rings. The SMILES string of the molecule is Cl.O=C(CC1CCNCC1)N1CCN2C(=O)OC(c3ccccc3)(c3ccccc3)C2C1. The maximum Gasteiger partial charge on any atom is 0.411 e. The van der Waals surface area contributed by atoms with Crippen molar-refractivity contribution >= 4 is 24.4 Å². The number of piperidine rings is 1. The van der Waals surface area contributed by atoms with Crippen LogP contribution in [0.2, 0.25) is 0 Å². The van der Waals surface area contributed by atoms with E-state index in [0.29, 0.717) is 32.0 Å². The van der Waals surface area contributed by atoms with Crippen LogP contribution in [0.3, 0.4) is 0 Å². The molecule has 0 bridgehead atoms. The average molecular weight is 456 g/mol. The molecule has 0 aliphatic carbocycles. The fourth-order valence-electron chi connectivity index (χ4n) is 5.34. The van der Waals surface area contributed by atoms with E-state index in [1.54, 1.807) is 0 Å². The lowest BCUT2D eigenvalue weighted by Gasteiger charge is -2.42.